The fourth-order valence-electron chi connectivity index (χ4n) is 5.30. The summed E-state index contributed by atoms with van der Waals surface area (Å²) in [4.78, 5) is 34.5. The molecule has 10 nitrogen and oxygen atoms in total. The third-order valence-electron chi connectivity index (χ3n) is 7.30. The highest BCUT2D eigenvalue weighted by Crippen LogP contribution is 2.38. The molecule has 0 saturated heterocycles. The SMILES string of the molecule is COc1ccccc1C1=NN(Cc2ccc(C(C(=O)NCc3ccccc3)C3CCCC3)cc2)C(=O)CO1.O=C(O)O. The quantitative estimate of drug-likeness (QED) is 0.319. The second kappa shape index (κ2) is 14.7. The lowest BCUT2D eigenvalue weighted by atomic mass is 9.83. The summed E-state index contributed by atoms with van der Waals surface area (Å²) in [6.45, 7) is 0.752. The Morgan fingerprint density at radius 1 is 0.976 bits per heavy atom. The van der Waals surface area contributed by atoms with Crippen LogP contribution in [0.25, 0.3) is 0 Å². The number of benzene rings is 3. The Kier molecular flexibility index (Phi) is 10.5. The van der Waals surface area contributed by atoms with E-state index in [9.17, 15) is 9.59 Å². The molecule has 220 valence electrons. The average molecular weight is 574 g/mol. The summed E-state index contributed by atoms with van der Waals surface area (Å²) >= 11 is 0. The largest absolute Gasteiger partial charge is 0.503 e. The highest BCUT2D eigenvalue weighted by atomic mass is 16.6. The van der Waals surface area contributed by atoms with Crippen molar-refractivity contribution in [2.45, 2.75) is 44.7 Å². The van der Waals surface area contributed by atoms with E-state index < -0.39 is 6.16 Å². The van der Waals surface area contributed by atoms with E-state index in [1.807, 2.05) is 78.9 Å². The van der Waals surface area contributed by atoms with E-state index >= 15 is 0 Å². The highest BCUT2D eigenvalue weighted by Gasteiger charge is 2.32. The lowest BCUT2D eigenvalue weighted by Gasteiger charge is -2.25. The summed E-state index contributed by atoms with van der Waals surface area (Å²) in [5.41, 5.74) is 3.73. The molecule has 10 heteroatoms. The summed E-state index contributed by atoms with van der Waals surface area (Å²) in [5, 5.41) is 23.0. The molecule has 0 spiro atoms. The lowest BCUT2D eigenvalue weighted by Crippen LogP contribution is -2.36. The van der Waals surface area contributed by atoms with Crippen molar-refractivity contribution < 1.29 is 34.1 Å². The van der Waals surface area contributed by atoms with Crippen molar-refractivity contribution >= 4 is 23.9 Å². The third kappa shape index (κ3) is 8.09. The summed E-state index contributed by atoms with van der Waals surface area (Å²) in [6.07, 6.45) is 2.62. The van der Waals surface area contributed by atoms with Gasteiger partial charge in [0.05, 0.1) is 25.1 Å². The molecule has 2 amide bonds. The molecule has 1 aliphatic carbocycles. The van der Waals surface area contributed by atoms with E-state index in [1.165, 1.54) is 5.01 Å². The van der Waals surface area contributed by atoms with Crippen LogP contribution >= 0.6 is 0 Å². The number of carbonyl (C=O) groups is 3. The topological polar surface area (TPSA) is 138 Å². The molecule has 1 fully saturated rings. The molecule has 1 unspecified atom stereocenters. The zero-order valence-corrected chi connectivity index (χ0v) is 23.4. The molecule has 3 aromatic carbocycles. The van der Waals surface area contributed by atoms with Gasteiger partial charge in [-0.2, -0.15) is 0 Å². The van der Waals surface area contributed by atoms with Gasteiger partial charge < -0.3 is 25.0 Å². The minimum absolute atomic E-state index is 0.0721. The lowest BCUT2D eigenvalue weighted by molar-refractivity contribution is -0.136. The molecule has 3 aromatic rings. The van der Waals surface area contributed by atoms with Gasteiger partial charge in [0, 0.05) is 6.54 Å². The number of ether oxygens (including phenoxy) is 2. The van der Waals surface area contributed by atoms with Gasteiger partial charge in [-0.05, 0) is 47.6 Å². The van der Waals surface area contributed by atoms with E-state index in [4.69, 9.17) is 24.5 Å². The first-order valence-corrected chi connectivity index (χ1v) is 13.8. The van der Waals surface area contributed by atoms with Crippen LogP contribution in [0.4, 0.5) is 4.79 Å². The van der Waals surface area contributed by atoms with Crippen LogP contribution in [0.3, 0.4) is 0 Å². The van der Waals surface area contributed by atoms with Gasteiger partial charge in [-0.1, -0.05) is 79.6 Å². The second-order valence-corrected chi connectivity index (χ2v) is 10.1. The first-order valence-electron chi connectivity index (χ1n) is 13.8. The summed E-state index contributed by atoms with van der Waals surface area (Å²) in [5.74, 6) is 1.00. The maximum absolute atomic E-state index is 13.4. The van der Waals surface area contributed by atoms with Crippen LogP contribution < -0.4 is 10.1 Å². The average Bonchev–Trinajstić information content (AvgIpc) is 3.53. The fourth-order valence-corrected chi connectivity index (χ4v) is 5.30. The molecule has 1 aliphatic heterocycles. The molecular formula is C32H35N3O7. The van der Waals surface area contributed by atoms with Gasteiger partial charge in [-0.15, -0.1) is 5.10 Å². The second-order valence-electron chi connectivity index (χ2n) is 10.1. The normalized spacial score (nSPS) is 15.5. The number of amides is 2. The van der Waals surface area contributed by atoms with Crippen molar-refractivity contribution in [1.29, 1.82) is 0 Å². The molecule has 1 heterocycles. The van der Waals surface area contributed by atoms with Crippen LogP contribution in [-0.4, -0.2) is 52.8 Å². The monoisotopic (exact) mass is 573 g/mol. The van der Waals surface area contributed by atoms with E-state index in [0.29, 0.717) is 36.2 Å². The number of carbonyl (C=O) groups excluding carboxylic acids is 2. The van der Waals surface area contributed by atoms with Crippen molar-refractivity contribution in [3.8, 4) is 5.75 Å². The smallest absolute Gasteiger partial charge is 0.496 e. The zero-order chi connectivity index (χ0) is 29.9. The number of rotatable bonds is 9. The highest BCUT2D eigenvalue weighted by molar-refractivity contribution is 6.00. The number of methoxy groups -OCH3 is 1. The molecule has 0 aromatic heterocycles. The zero-order valence-electron chi connectivity index (χ0n) is 23.4. The number of hydrogen-bond donors (Lipinski definition) is 3. The van der Waals surface area contributed by atoms with Gasteiger partial charge in [0.25, 0.3) is 5.91 Å². The Balaban J connectivity index is 0.000000952. The number of para-hydroxylation sites is 1. The van der Waals surface area contributed by atoms with Gasteiger partial charge in [0.15, 0.2) is 6.61 Å². The minimum atomic E-state index is -1.83. The number of nitrogens with zero attached hydrogens (tertiary/aromatic N) is 2. The Morgan fingerprint density at radius 3 is 2.29 bits per heavy atom. The van der Waals surface area contributed by atoms with E-state index in [-0.39, 0.29) is 24.3 Å². The summed E-state index contributed by atoms with van der Waals surface area (Å²) in [7, 11) is 1.59. The van der Waals surface area contributed by atoms with Crippen LogP contribution in [0.5, 0.6) is 5.75 Å². The van der Waals surface area contributed by atoms with Crippen LogP contribution in [0, 0.1) is 5.92 Å². The molecule has 1 saturated carbocycles. The molecule has 1 atom stereocenters. The number of hydrogen-bond acceptors (Lipinski definition) is 6. The van der Waals surface area contributed by atoms with Gasteiger partial charge >= 0.3 is 6.16 Å². The number of hydrazone groups is 1. The predicted molar refractivity (Wildman–Crippen MR) is 156 cm³/mol. The summed E-state index contributed by atoms with van der Waals surface area (Å²) in [6, 6.07) is 25.4. The maximum atomic E-state index is 13.4. The van der Waals surface area contributed by atoms with Gasteiger partial charge in [-0.25, -0.2) is 9.80 Å². The molecule has 0 radical (unpaired) electrons. The first-order chi connectivity index (χ1) is 20.4. The predicted octanol–water partition coefficient (Wildman–Crippen LogP) is 5.23. The van der Waals surface area contributed by atoms with Crippen molar-refractivity contribution in [2.24, 2.45) is 11.0 Å². The molecule has 42 heavy (non-hydrogen) atoms. The summed E-state index contributed by atoms with van der Waals surface area (Å²) < 4.78 is 11.0. The molecule has 3 N–H and O–H groups in total. The van der Waals surface area contributed by atoms with Gasteiger partial charge in [0.2, 0.25) is 11.8 Å². The van der Waals surface area contributed by atoms with Crippen molar-refractivity contribution in [2.75, 3.05) is 13.7 Å². The van der Waals surface area contributed by atoms with E-state index in [0.717, 1.165) is 42.4 Å². The van der Waals surface area contributed by atoms with Crippen LogP contribution in [-0.2, 0) is 27.4 Å². The van der Waals surface area contributed by atoms with Crippen LogP contribution in [0.2, 0.25) is 0 Å². The van der Waals surface area contributed by atoms with Crippen molar-refractivity contribution in [1.82, 2.24) is 10.3 Å². The first kappa shape index (κ1) is 30.1. The van der Waals surface area contributed by atoms with E-state index in [2.05, 4.69) is 10.4 Å². The van der Waals surface area contributed by atoms with Crippen molar-refractivity contribution in [3.63, 3.8) is 0 Å². The van der Waals surface area contributed by atoms with Crippen LogP contribution in [0.1, 0.15) is 53.9 Å². The van der Waals surface area contributed by atoms with Gasteiger partial charge in [-0.3, -0.25) is 9.59 Å². The molecule has 0 bridgehead atoms. The molecule has 5 rings (SSSR count). The molecule has 2 aliphatic rings. The Morgan fingerprint density at radius 2 is 1.62 bits per heavy atom. The minimum Gasteiger partial charge on any atom is -0.496 e. The number of nitrogens with one attached hydrogen (secondary N) is 1. The van der Waals surface area contributed by atoms with Crippen LogP contribution in [0.15, 0.2) is 84.0 Å². The third-order valence-corrected chi connectivity index (χ3v) is 7.30. The maximum Gasteiger partial charge on any atom is 0.503 e. The Bertz CT molecular complexity index is 1380. The fraction of sp³-hybridized carbons (Fsp3) is 0.312. The van der Waals surface area contributed by atoms with E-state index in [1.54, 1.807) is 7.11 Å². The molecular weight excluding hydrogens is 538 g/mol. The Hall–Kier alpha value is -4.86. The van der Waals surface area contributed by atoms with Gasteiger partial charge in [0.1, 0.15) is 5.75 Å². The Labute approximate surface area is 244 Å². The standard InChI is InChI=1S/C31H33N3O4.CH2O3/c1-37-27-14-8-7-13-26(27)31-33-34(28(35)21-38-31)20-23-15-17-25(18-16-23)29(24-11-5-6-12-24)30(36)32-19-22-9-3-2-4-10-22;2-1(3)4/h2-4,7-10,13-18,24,29H,5-6,11-12,19-21H2,1H3,(H,32,36);(H2,2,3,4). The van der Waals surface area contributed by atoms with Crippen molar-refractivity contribution in [3.05, 3.63) is 101 Å². The number of carboxylic acid groups (broad SMARTS) is 2.